The summed E-state index contributed by atoms with van der Waals surface area (Å²) in [5, 5.41) is 0. The summed E-state index contributed by atoms with van der Waals surface area (Å²) in [6, 6.07) is 0. The van der Waals surface area contributed by atoms with Crippen molar-refractivity contribution < 1.29 is 37.6 Å². The van der Waals surface area contributed by atoms with Crippen LogP contribution in [0, 0.1) is 0 Å². The number of hydrogen-bond acceptors (Lipinski definition) is 7. The lowest BCUT2D eigenvalue weighted by Gasteiger charge is -2.19. The maximum atomic E-state index is 11.3. The molecular weight excluding hydrogens is 279 g/mol. The molecule has 0 radical (unpaired) electrons. The maximum Gasteiger partial charge on any atom is 0.472 e. The zero-order chi connectivity index (χ0) is 14.9. The minimum absolute atomic E-state index is 0.0259. The smallest absolute Gasteiger partial charge is 0.423 e. The molecular formula is C10H19O8P. The van der Waals surface area contributed by atoms with E-state index < -0.39 is 32.7 Å². The summed E-state index contributed by atoms with van der Waals surface area (Å²) in [6.07, 6.45) is -1.23. The monoisotopic (exact) mass is 298 g/mol. The van der Waals surface area contributed by atoms with E-state index in [4.69, 9.17) is 9.47 Å². The van der Waals surface area contributed by atoms with Gasteiger partial charge in [-0.2, -0.15) is 0 Å². The summed E-state index contributed by atoms with van der Waals surface area (Å²) in [7, 11) is -4.23. The molecule has 9 heteroatoms. The van der Waals surface area contributed by atoms with Crippen LogP contribution in [0.5, 0.6) is 0 Å². The third-order valence-corrected chi connectivity index (χ3v) is 2.83. The van der Waals surface area contributed by atoms with Crippen LogP contribution >= 0.6 is 7.82 Å². The summed E-state index contributed by atoms with van der Waals surface area (Å²) >= 11 is 0. The predicted octanol–water partition coefficient (Wildman–Crippen LogP) is 1.37. The molecule has 19 heavy (non-hydrogen) atoms. The van der Waals surface area contributed by atoms with Crippen LogP contribution in [-0.2, 0) is 32.7 Å². The van der Waals surface area contributed by atoms with E-state index in [2.05, 4.69) is 9.05 Å². The average molecular weight is 298 g/mol. The second-order valence-electron chi connectivity index (χ2n) is 3.30. The van der Waals surface area contributed by atoms with Gasteiger partial charge in [-0.1, -0.05) is 13.8 Å². The summed E-state index contributed by atoms with van der Waals surface area (Å²) in [4.78, 5) is 31.4. The van der Waals surface area contributed by atoms with E-state index in [1.165, 1.54) is 6.92 Å². The van der Waals surface area contributed by atoms with Crippen molar-refractivity contribution in [3.05, 3.63) is 0 Å². The molecule has 0 fully saturated rings. The molecule has 1 atom stereocenters. The quantitative estimate of drug-likeness (QED) is 0.386. The minimum Gasteiger partial charge on any atom is -0.423 e. The molecule has 0 aliphatic carbocycles. The Hall–Kier alpha value is -0.950. The van der Waals surface area contributed by atoms with Crippen molar-refractivity contribution in [2.45, 2.75) is 39.9 Å². The zero-order valence-corrected chi connectivity index (χ0v) is 12.1. The summed E-state index contributed by atoms with van der Waals surface area (Å²) in [5.41, 5.74) is 0. The highest BCUT2D eigenvalue weighted by molar-refractivity contribution is 7.47. The number of phosphoric ester groups is 1. The van der Waals surface area contributed by atoms with Crippen LogP contribution in [-0.4, -0.2) is 36.3 Å². The van der Waals surface area contributed by atoms with Crippen molar-refractivity contribution in [3.63, 3.8) is 0 Å². The SMILES string of the molecule is CCOP(=O)(O)OCC(OC(=O)CC)OC(=O)CC. The van der Waals surface area contributed by atoms with Gasteiger partial charge in [0.15, 0.2) is 0 Å². The zero-order valence-electron chi connectivity index (χ0n) is 11.2. The average Bonchev–Trinajstić information content (AvgIpc) is 2.35. The van der Waals surface area contributed by atoms with Crippen LogP contribution in [0.25, 0.3) is 0 Å². The van der Waals surface area contributed by atoms with Crippen LogP contribution in [0.3, 0.4) is 0 Å². The highest BCUT2D eigenvalue weighted by Crippen LogP contribution is 2.43. The second kappa shape index (κ2) is 9.03. The van der Waals surface area contributed by atoms with Gasteiger partial charge >= 0.3 is 19.8 Å². The Kier molecular flexibility index (Phi) is 8.58. The summed E-state index contributed by atoms with van der Waals surface area (Å²) < 4.78 is 29.8. The van der Waals surface area contributed by atoms with Crippen molar-refractivity contribution in [2.75, 3.05) is 13.2 Å². The Morgan fingerprint density at radius 3 is 1.89 bits per heavy atom. The van der Waals surface area contributed by atoms with E-state index >= 15 is 0 Å². The standard InChI is InChI=1S/C10H19O8P/c1-4-8(11)17-10(18-9(12)5-2)7-16-19(13,14)15-6-3/h10H,4-7H2,1-3H3,(H,13,14). The number of phosphoric acid groups is 1. The molecule has 0 aromatic heterocycles. The molecule has 0 aliphatic rings. The van der Waals surface area contributed by atoms with Gasteiger partial charge in [-0.15, -0.1) is 0 Å². The van der Waals surface area contributed by atoms with Crippen molar-refractivity contribution >= 4 is 19.8 Å². The van der Waals surface area contributed by atoms with E-state index in [1.54, 1.807) is 13.8 Å². The van der Waals surface area contributed by atoms with E-state index in [9.17, 15) is 19.0 Å². The molecule has 8 nitrogen and oxygen atoms in total. The molecule has 0 bridgehead atoms. The van der Waals surface area contributed by atoms with Gasteiger partial charge in [-0.25, -0.2) is 4.57 Å². The van der Waals surface area contributed by atoms with Gasteiger partial charge in [0.25, 0.3) is 6.29 Å². The van der Waals surface area contributed by atoms with Crippen molar-refractivity contribution in [1.29, 1.82) is 0 Å². The molecule has 0 aliphatic heterocycles. The van der Waals surface area contributed by atoms with Crippen molar-refractivity contribution in [1.82, 2.24) is 0 Å². The van der Waals surface area contributed by atoms with Gasteiger partial charge in [0.1, 0.15) is 6.61 Å². The van der Waals surface area contributed by atoms with Gasteiger partial charge in [0, 0.05) is 12.8 Å². The predicted molar refractivity (Wildman–Crippen MR) is 64.0 cm³/mol. The van der Waals surface area contributed by atoms with Crippen LogP contribution in [0.2, 0.25) is 0 Å². The fourth-order valence-corrected chi connectivity index (χ4v) is 1.62. The molecule has 0 saturated heterocycles. The van der Waals surface area contributed by atoms with E-state index in [1.807, 2.05) is 0 Å². The van der Waals surface area contributed by atoms with Crippen LogP contribution in [0.4, 0.5) is 0 Å². The Labute approximate surface area is 111 Å². The minimum atomic E-state index is -4.23. The van der Waals surface area contributed by atoms with Gasteiger partial charge in [-0.05, 0) is 6.92 Å². The summed E-state index contributed by atoms with van der Waals surface area (Å²) in [5.74, 6) is -1.25. The maximum absolute atomic E-state index is 11.3. The van der Waals surface area contributed by atoms with Crippen molar-refractivity contribution in [3.8, 4) is 0 Å². The largest absolute Gasteiger partial charge is 0.472 e. The van der Waals surface area contributed by atoms with Gasteiger partial charge in [0.2, 0.25) is 0 Å². The topological polar surface area (TPSA) is 108 Å². The Bertz CT molecular complexity index is 324. The Balaban J connectivity index is 4.45. The lowest BCUT2D eigenvalue weighted by Crippen LogP contribution is -2.28. The number of rotatable bonds is 9. The normalized spacial score (nSPS) is 13.9. The molecule has 1 unspecified atom stereocenters. The molecule has 0 spiro atoms. The molecule has 1 N–H and O–H groups in total. The highest BCUT2D eigenvalue weighted by Gasteiger charge is 2.26. The third-order valence-electron chi connectivity index (χ3n) is 1.77. The van der Waals surface area contributed by atoms with Crippen LogP contribution in [0.1, 0.15) is 33.6 Å². The van der Waals surface area contributed by atoms with Crippen LogP contribution < -0.4 is 0 Å². The molecule has 0 aromatic rings. The molecule has 0 aromatic carbocycles. The van der Waals surface area contributed by atoms with E-state index in [0.29, 0.717) is 0 Å². The number of ether oxygens (including phenoxy) is 2. The number of carbonyl (C=O) groups is 2. The van der Waals surface area contributed by atoms with E-state index in [0.717, 1.165) is 0 Å². The van der Waals surface area contributed by atoms with Gasteiger partial charge in [0.05, 0.1) is 6.61 Å². The molecule has 0 saturated carbocycles. The molecule has 0 rings (SSSR count). The first-order valence-electron chi connectivity index (χ1n) is 5.85. The fraction of sp³-hybridized carbons (Fsp3) is 0.800. The number of carbonyl (C=O) groups excluding carboxylic acids is 2. The lowest BCUT2D eigenvalue weighted by atomic mass is 10.5. The van der Waals surface area contributed by atoms with Gasteiger partial charge in [-0.3, -0.25) is 18.6 Å². The molecule has 0 heterocycles. The third kappa shape index (κ3) is 8.72. The van der Waals surface area contributed by atoms with Crippen molar-refractivity contribution in [2.24, 2.45) is 0 Å². The second-order valence-corrected chi connectivity index (χ2v) is 4.75. The lowest BCUT2D eigenvalue weighted by molar-refractivity contribution is -0.193. The first-order chi connectivity index (χ1) is 8.84. The number of esters is 2. The first-order valence-corrected chi connectivity index (χ1v) is 7.35. The van der Waals surface area contributed by atoms with E-state index in [-0.39, 0.29) is 19.4 Å². The van der Waals surface area contributed by atoms with Gasteiger partial charge < -0.3 is 14.4 Å². The highest BCUT2D eigenvalue weighted by atomic mass is 31.2. The van der Waals surface area contributed by atoms with Crippen LogP contribution in [0.15, 0.2) is 0 Å². The molecule has 112 valence electrons. The first kappa shape index (κ1) is 18.0. The molecule has 0 amide bonds. The number of hydrogen-bond donors (Lipinski definition) is 1. The Morgan fingerprint density at radius 2 is 1.53 bits per heavy atom. The Morgan fingerprint density at radius 1 is 1.05 bits per heavy atom. The fourth-order valence-electron chi connectivity index (χ4n) is 0.907. The summed E-state index contributed by atoms with van der Waals surface area (Å²) in [6.45, 7) is 4.02.